The van der Waals surface area contributed by atoms with Gasteiger partial charge in [0.1, 0.15) is 0 Å². The van der Waals surface area contributed by atoms with E-state index in [0.717, 1.165) is 31.2 Å². The van der Waals surface area contributed by atoms with Crippen molar-refractivity contribution in [2.75, 3.05) is 0 Å². The molecule has 0 aliphatic heterocycles. The lowest BCUT2D eigenvalue weighted by Gasteiger charge is -2.21. The van der Waals surface area contributed by atoms with Gasteiger partial charge in [0.25, 0.3) is 11.8 Å². The quantitative estimate of drug-likeness (QED) is 0.840. The average molecular weight is 339 g/mol. The van der Waals surface area contributed by atoms with Crippen LogP contribution >= 0.6 is 0 Å². The van der Waals surface area contributed by atoms with Gasteiger partial charge >= 0.3 is 0 Å². The van der Waals surface area contributed by atoms with Crippen molar-refractivity contribution in [3.05, 3.63) is 46.8 Å². The van der Waals surface area contributed by atoms with Crippen LogP contribution in [0.5, 0.6) is 0 Å². The van der Waals surface area contributed by atoms with Crippen molar-refractivity contribution < 1.29 is 9.59 Å². The first-order chi connectivity index (χ1) is 12.1. The molecule has 130 valence electrons. The molecule has 0 saturated heterocycles. The van der Waals surface area contributed by atoms with Gasteiger partial charge in [0.15, 0.2) is 5.69 Å². The van der Waals surface area contributed by atoms with E-state index in [9.17, 15) is 9.59 Å². The molecule has 0 bridgehead atoms. The zero-order chi connectivity index (χ0) is 17.4. The van der Waals surface area contributed by atoms with Crippen molar-refractivity contribution in [3.8, 4) is 0 Å². The van der Waals surface area contributed by atoms with Crippen LogP contribution in [0.3, 0.4) is 0 Å². The Morgan fingerprint density at radius 3 is 2.44 bits per heavy atom. The van der Waals surface area contributed by atoms with Crippen molar-refractivity contribution in [3.63, 3.8) is 0 Å². The molecule has 2 aliphatic rings. The van der Waals surface area contributed by atoms with E-state index in [1.165, 1.54) is 0 Å². The molecule has 0 radical (unpaired) electrons. The number of H-pyrrole nitrogens is 1. The van der Waals surface area contributed by atoms with Crippen LogP contribution in [0, 0.1) is 6.92 Å². The molecule has 2 amide bonds. The van der Waals surface area contributed by atoms with Gasteiger partial charge in [0.05, 0.1) is 5.69 Å². The zero-order valence-corrected chi connectivity index (χ0v) is 14.2. The number of nitrogens with zero attached hydrogens (tertiary/aromatic N) is 3. The van der Waals surface area contributed by atoms with Gasteiger partial charge in [0, 0.05) is 24.2 Å². The fourth-order valence-electron chi connectivity index (χ4n) is 2.83. The van der Waals surface area contributed by atoms with Crippen molar-refractivity contribution in [2.24, 2.45) is 0 Å². The fraction of sp³-hybridized carbons (Fsp3) is 0.444. The molecule has 0 spiro atoms. The Morgan fingerprint density at radius 2 is 1.88 bits per heavy atom. The van der Waals surface area contributed by atoms with Crippen molar-refractivity contribution >= 4 is 11.8 Å². The molecule has 1 heterocycles. The average Bonchev–Trinajstić information content (AvgIpc) is 3.53. The van der Waals surface area contributed by atoms with Gasteiger partial charge < -0.3 is 10.2 Å². The summed E-state index contributed by atoms with van der Waals surface area (Å²) in [7, 11) is 0. The summed E-state index contributed by atoms with van der Waals surface area (Å²) < 4.78 is 0. The maximum absolute atomic E-state index is 12.8. The number of rotatable bonds is 6. The molecular weight excluding hydrogens is 318 g/mol. The van der Waals surface area contributed by atoms with Gasteiger partial charge in [-0.3, -0.25) is 9.59 Å². The number of aromatic amines is 1. The van der Waals surface area contributed by atoms with E-state index in [4.69, 9.17) is 0 Å². The van der Waals surface area contributed by atoms with E-state index in [1.54, 1.807) is 6.92 Å². The van der Waals surface area contributed by atoms with Crippen LogP contribution < -0.4 is 5.32 Å². The predicted octanol–water partition coefficient (Wildman–Crippen LogP) is 1.81. The standard InChI is InChI=1S/C18H21N5O2/c1-11-16(21-22-20-11)18(25)23(15-8-9-15)10-12-2-4-13(5-3-12)17(24)19-14-6-7-14/h2-5,14-15H,6-10H2,1H3,(H,19,24)(H,20,21,22). The van der Waals surface area contributed by atoms with Crippen LogP contribution in [-0.2, 0) is 6.54 Å². The van der Waals surface area contributed by atoms with Gasteiger partial charge in [-0.1, -0.05) is 12.1 Å². The zero-order valence-electron chi connectivity index (χ0n) is 14.2. The summed E-state index contributed by atoms with van der Waals surface area (Å²) >= 11 is 0. The summed E-state index contributed by atoms with van der Waals surface area (Å²) in [6.45, 7) is 2.29. The van der Waals surface area contributed by atoms with Gasteiger partial charge in [-0.05, 0) is 50.3 Å². The van der Waals surface area contributed by atoms with Gasteiger partial charge in [-0.25, -0.2) is 0 Å². The first-order valence-corrected chi connectivity index (χ1v) is 8.70. The summed E-state index contributed by atoms with van der Waals surface area (Å²) in [6.07, 6.45) is 4.18. The van der Waals surface area contributed by atoms with Crippen molar-refractivity contribution in [1.29, 1.82) is 0 Å². The highest BCUT2D eigenvalue weighted by Crippen LogP contribution is 2.30. The minimum atomic E-state index is -0.0932. The van der Waals surface area contributed by atoms with Gasteiger partial charge in [-0.2, -0.15) is 15.4 Å². The highest BCUT2D eigenvalue weighted by atomic mass is 16.2. The van der Waals surface area contributed by atoms with Crippen LogP contribution in [0.4, 0.5) is 0 Å². The molecule has 2 N–H and O–H groups in total. The number of nitrogens with one attached hydrogen (secondary N) is 2. The van der Waals surface area contributed by atoms with E-state index in [2.05, 4.69) is 20.7 Å². The molecule has 2 saturated carbocycles. The first-order valence-electron chi connectivity index (χ1n) is 8.70. The third kappa shape index (κ3) is 3.55. The fourth-order valence-corrected chi connectivity index (χ4v) is 2.83. The summed E-state index contributed by atoms with van der Waals surface area (Å²) in [6, 6.07) is 8.09. The molecule has 7 heteroatoms. The predicted molar refractivity (Wildman–Crippen MR) is 90.9 cm³/mol. The molecule has 7 nitrogen and oxygen atoms in total. The van der Waals surface area contributed by atoms with E-state index in [1.807, 2.05) is 29.2 Å². The number of carbonyl (C=O) groups is 2. The maximum Gasteiger partial charge on any atom is 0.276 e. The molecule has 2 fully saturated rings. The number of aromatic nitrogens is 3. The Hall–Kier alpha value is -2.70. The van der Waals surface area contributed by atoms with Crippen LogP contribution in [0.25, 0.3) is 0 Å². The summed E-state index contributed by atoms with van der Waals surface area (Å²) in [5.74, 6) is -0.119. The van der Waals surface area contributed by atoms with Crippen LogP contribution in [0.1, 0.15) is 57.8 Å². The maximum atomic E-state index is 12.8. The van der Waals surface area contributed by atoms with Gasteiger partial charge in [-0.15, -0.1) is 0 Å². The number of carbonyl (C=O) groups excluding carboxylic acids is 2. The molecule has 0 atom stereocenters. The number of hydrogen-bond acceptors (Lipinski definition) is 4. The second-order valence-corrected chi connectivity index (χ2v) is 6.87. The van der Waals surface area contributed by atoms with E-state index < -0.39 is 0 Å². The third-order valence-corrected chi connectivity index (χ3v) is 4.65. The Morgan fingerprint density at radius 1 is 1.16 bits per heavy atom. The first kappa shape index (κ1) is 15.8. The smallest absolute Gasteiger partial charge is 0.276 e. The van der Waals surface area contributed by atoms with Gasteiger partial charge in [0.2, 0.25) is 0 Å². The molecule has 2 aliphatic carbocycles. The van der Waals surface area contributed by atoms with Crippen molar-refractivity contribution in [1.82, 2.24) is 25.6 Å². The normalized spacial score (nSPS) is 16.5. The Bertz CT molecular complexity index is 790. The SMILES string of the molecule is Cc1n[nH]nc1C(=O)N(Cc1ccc(C(=O)NC2CC2)cc1)C1CC1. The minimum Gasteiger partial charge on any atom is -0.349 e. The minimum absolute atomic E-state index is 0.0256. The molecular formula is C18H21N5O2. The Kier molecular flexibility index (Phi) is 3.99. The molecule has 2 aromatic rings. The van der Waals surface area contributed by atoms with E-state index in [-0.39, 0.29) is 17.9 Å². The summed E-state index contributed by atoms with van der Waals surface area (Å²) in [5.41, 5.74) is 2.66. The summed E-state index contributed by atoms with van der Waals surface area (Å²) in [5, 5.41) is 13.4. The second-order valence-electron chi connectivity index (χ2n) is 6.87. The summed E-state index contributed by atoms with van der Waals surface area (Å²) in [4.78, 5) is 26.7. The van der Waals surface area contributed by atoms with Crippen LogP contribution in [0.2, 0.25) is 0 Å². The van der Waals surface area contributed by atoms with Crippen LogP contribution in [-0.4, -0.2) is 44.2 Å². The second kappa shape index (κ2) is 6.31. The number of amides is 2. The van der Waals surface area contributed by atoms with E-state index >= 15 is 0 Å². The topological polar surface area (TPSA) is 91.0 Å². The lowest BCUT2D eigenvalue weighted by molar-refractivity contribution is 0.0722. The van der Waals surface area contributed by atoms with Crippen molar-refractivity contribution in [2.45, 2.75) is 51.2 Å². The molecule has 1 aromatic heterocycles. The largest absolute Gasteiger partial charge is 0.349 e. The van der Waals surface area contributed by atoms with E-state index in [0.29, 0.717) is 29.5 Å². The molecule has 0 unspecified atom stereocenters. The number of aryl methyl sites for hydroxylation is 1. The number of hydrogen-bond donors (Lipinski definition) is 2. The number of benzene rings is 1. The molecule has 1 aromatic carbocycles. The monoisotopic (exact) mass is 339 g/mol. The lowest BCUT2D eigenvalue weighted by atomic mass is 10.1. The van der Waals surface area contributed by atoms with Crippen LogP contribution in [0.15, 0.2) is 24.3 Å². The highest BCUT2D eigenvalue weighted by molar-refractivity contribution is 5.95. The lowest BCUT2D eigenvalue weighted by Crippen LogP contribution is -2.33. The third-order valence-electron chi connectivity index (χ3n) is 4.65. The highest BCUT2D eigenvalue weighted by Gasteiger charge is 2.34. The molecule has 25 heavy (non-hydrogen) atoms. The molecule has 4 rings (SSSR count). The Balaban J connectivity index is 1.46. The Labute approximate surface area is 145 Å².